The highest BCUT2D eigenvalue weighted by molar-refractivity contribution is 6.26. The summed E-state index contributed by atoms with van der Waals surface area (Å²) in [5.74, 6) is 0. The van der Waals surface area contributed by atoms with Crippen LogP contribution in [0.1, 0.15) is 89.0 Å². The molecule has 2 spiro atoms. The average Bonchev–Trinajstić information content (AvgIpc) is 1.49. The number of nitrogens with zero attached hydrogens (tertiary/aromatic N) is 4. The molecule has 0 heterocycles. The number of benzene rings is 22. The van der Waals surface area contributed by atoms with Gasteiger partial charge in [-0.1, -0.05) is 303 Å². The molecule has 0 aliphatic heterocycles. The van der Waals surface area contributed by atoms with Crippen LogP contribution in [0.5, 0.6) is 0 Å². The van der Waals surface area contributed by atoms with Crippen LogP contribution >= 0.6 is 0 Å². The predicted molar refractivity (Wildman–Crippen MR) is 565 cm³/mol. The summed E-state index contributed by atoms with van der Waals surface area (Å²) in [6, 6.07) is 167. The van der Waals surface area contributed by atoms with E-state index in [0.717, 1.165) is 81.1 Å². The lowest BCUT2D eigenvalue weighted by molar-refractivity contribution is 0.809. The second-order valence-electron chi connectivity index (χ2n) is 37.5. The zero-order chi connectivity index (χ0) is 89.3. The summed E-state index contributed by atoms with van der Waals surface area (Å²) >= 11 is 0. The van der Waals surface area contributed by atoms with Crippen LogP contribution in [0.4, 0.5) is 68.2 Å². The van der Waals surface area contributed by atoms with Crippen molar-refractivity contribution in [3.05, 3.63) is 526 Å². The fourth-order valence-electron chi connectivity index (χ4n) is 24.5. The molecule has 0 atom stereocenters. The minimum absolute atomic E-state index is 0.696. The Morgan fingerprint density at radius 1 is 0.179 bits per heavy atom. The van der Waals surface area contributed by atoms with Crippen LogP contribution in [-0.4, -0.2) is 0 Å². The smallest absolute Gasteiger partial charge is 0.0737 e. The van der Waals surface area contributed by atoms with Crippen molar-refractivity contribution in [2.75, 3.05) is 19.6 Å². The average molecular weight is 1710 g/mol. The van der Waals surface area contributed by atoms with Crippen LogP contribution in [0.2, 0.25) is 0 Å². The maximum absolute atomic E-state index is 2.60. The molecule has 26 rings (SSSR count). The van der Waals surface area contributed by atoms with E-state index in [0.29, 0.717) is 0 Å². The SMILES string of the molecule is Cc1cc(C)cc(N(c2ccccc2)c2ccc3c4c(c5ccccc5c3c2)-c2cc(N(c3ccccc3)c3cc(C)cc(CCc5cc(N(c6ccccc6)c6ccc7c8c(c9ccccc9c7c6)-c6cc(N(c7ccccc7)c7ccc(C)c(C)c7)c7ccccc7c6C86c7ccccc7-c7ccccc76)ccc5C)c3)c3ccccc3c2C42c3ccccc3-c3ccccc32)c1. The van der Waals surface area contributed by atoms with Crippen LogP contribution in [0.3, 0.4) is 0 Å². The third-order valence-corrected chi connectivity index (χ3v) is 29.9. The second kappa shape index (κ2) is 30.6. The molecule has 4 aliphatic carbocycles. The third kappa shape index (κ3) is 11.7. The summed E-state index contributed by atoms with van der Waals surface area (Å²) in [6.45, 7) is 13.5. The van der Waals surface area contributed by atoms with Gasteiger partial charge in [-0.3, -0.25) is 0 Å². The molecule has 22 aromatic rings. The predicted octanol–water partition coefficient (Wildman–Crippen LogP) is 34.8. The molecule has 0 saturated heterocycles. The summed E-state index contributed by atoms with van der Waals surface area (Å²) in [6.07, 6.45) is 1.64. The van der Waals surface area contributed by atoms with E-state index >= 15 is 0 Å². The number of anilines is 12. The monoisotopic (exact) mass is 1710 g/mol. The molecule has 22 aromatic carbocycles. The first kappa shape index (κ1) is 78.6. The van der Waals surface area contributed by atoms with Gasteiger partial charge in [0.15, 0.2) is 0 Å². The molecule has 634 valence electrons. The van der Waals surface area contributed by atoms with Gasteiger partial charge in [-0.25, -0.2) is 0 Å². The van der Waals surface area contributed by atoms with Gasteiger partial charge in [0, 0.05) is 67.6 Å². The van der Waals surface area contributed by atoms with Crippen LogP contribution < -0.4 is 19.6 Å². The Kier molecular flexibility index (Phi) is 18.0. The Labute approximate surface area is 782 Å². The maximum atomic E-state index is 2.60. The van der Waals surface area contributed by atoms with Gasteiger partial charge in [0.2, 0.25) is 0 Å². The zero-order valence-corrected chi connectivity index (χ0v) is 75.8. The molecular formula is C130H94N4. The van der Waals surface area contributed by atoms with Crippen LogP contribution in [0, 0.1) is 41.5 Å². The van der Waals surface area contributed by atoms with E-state index in [1.807, 2.05) is 0 Å². The second-order valence-corrected chi connectivity index (χ2v) is 37.5. The summed E-state index contributed by atoms with van der Waals surface area (Å²) < 4.78 is 0. The van der Waals surface area contributed by atoms with E-state index in [1.54, 1.807) is 0 Å². The minimum Gasteiger partial charge on any atom is -0.310 e. The highest BCUT2D eigenvalue weighted by Gasteiger charge is 2.57. The lowest BCUT2D eigenvalue weighted by Gasteiger charge is -2.34. The number of aryl methyl sites for hydroxylation is 8. The van der Waals surface area contributed by atoms with Crippen molar-refractivity contribution < 1.29 is 0 Å². The molecular weight excluding hydrogens is 1620 g/mol. The van der Waals surface area contributed by atoms with E-state index in [4.69, 9.17) is 0 Å². The van der Waals surface area contributed by atoms with Gasteiger partial charge in [0.05, 0.1) is 22.2 Å². The van der Waals surface area contributed by atoms with Crippen molar-refractivity contribution in [1.82, 2.24) is 0 Å². The number of fused-ring (bicyclic) bond motifs is 34. The summed E-state index contributed by atoms with van der Waals surface area (Å²) in [5.41, 5.74) is 42.8. The van der Waals surface area contributed by atoms with Crippen molar-refractivity contribution in [3.63, 3.8) is 0 Å². The van der Waals surface area contributed by atoms with Gasteiger partial charge in [-0.2, -0.15) is 0 Å². The summed E-state index contributed by atoms with van der Waals surface area (Å²) in [4.78, 5) is 10.0. The fraction of sp³-hybridized carbons (Fsp3) is 0.0769. The molecule has 0 amide bonds. The van der Waals surface area contributed by atoms with Crippen LogP contribution in [0.25, 0.3) is 109 Å². The van der Waals surface area contributed by atoms with Crippen molar-refractivity contribution in [2.24, 2.45) is 0 Å². The Hall–Kier alpha value is -16.4. The largest absolute Gasteiger partial charge is 0.310 e. The highest BCUT2D eigenvalue weighted by atomic mass is 15.2. The topological polar surface area (TPSA) is 13.0 Å². The van der Waals surface area contributed by atoms with Gasteiger partial charge < -0.3 is 19.6 Å². The number of para-hydroxylation sites is 4. The normalized spacial score (nSPS) is 13.0. The third-order valence-electron chi connectivity index (χ3n) is 29.9. The summed E-state index contributed by atoms with van der Waals surface area (Å²) in [5, 5.41) is 14.7. The van der Waals surface area contributed by atoms with Crippen molar-refractivity contribution in [1.29, 1.82) is 0 Å². The quantitative estimate of drug-likeness (QED) is 0.0949. The standard InChI is InChI=1S/C130H94N4/c1-81-69-82(2)72-97(71-81)132(90-37-13-8-14-38-90)96-66-68-112-114(78-96)100-44-20-24-52-108(100)124-116-80-122(106-50-22-26-54-110(106)126(116)130(128(112)124)119-57-33-29-47-103(119)104-48-30-34-58-120(104)130)134(92-41-17-10-18-42-92)98-73-83(3)70-87(75-98)61-62-88-76-94(64-60-85(88)5)131(89-35-11-7-12-36-89)95-65-67-111-113(77-95)99-43-19-23-51-107(99)123-115-79-121(133(91-39-15-9-16-40-91)93-63-59-84(4)86(6)74-93)105-49-21-25-53-109(105)125(115)129(127(111)123)117-55-31-27-45-101(117)102-46-28-32-56-118(102)129/h7-60,63-80H,61-62H2,1-6H3. The van der Waals surface area contributed by atoms with Crippen molar-refractivity contribution in [2.45, 2.75) is 65.2 Å². The summed E-state index contributed by atoms with van der Waals surface area (Å²) in [7, 11) is 0. The number of hydrogen-bond acceptors (Lipinski definition) is 4. The Balaban J connectivity index is 0.618. The van der Waals surface area contributed by atoms with Crippen molar-refractivity contribution in [3.8, 4) is 44.5 Å². The first-order chi connectivity index (χ1) is 66.0. The first-order valence-corrected chi connectivity index (χ1v) is 47.2. The van der Waals surface area contributed by atoms with E-state index < -0.39 is 10.8 Å². The van der Waals surface area contributed by atoms with Gasteiger partial charge >= 0.3 is 0 Å². The van der Waals surface area contributed by atoms with E-state index in [2.05, 4.69) is 498 Å². The fourth-order valence-corrected chi connectivity index (χ4v) is 24.5. The molecule has 0 fully saturated rings. The van der Waals surface area contributed by atoms with E-state index in [-0.39, 0.29) is 0 Å². The molecule has 4 heteroatoms. The van der Waals surface area contributed by atoms with Gasteiger partial charge in [-0.15, -0.1) is 0 Å². The molecule has 0 N–H and O–H groups in total. The Morgan fingerprint density at radius 3 is 0.933 bits per heavy atom. The Morgan fingerprint density at radius 2 is 0.500 bits per heavy atom. The number of rotatable bonds is 15. The molecule has 4 nitrogen and oxygen atoms in total. The van der Waals surface area contributed by atoms with Gasteiger partial charge in [-0.05, 0) is 375 Å². The zero-order valence-electron chi connectivity index (χ0n) is 75.8. The molecule has 134 heavy (non-hydrogen) atoms. The minimum atomic E-state index is -0.703. The lowest BCUT2D eigenvalue weighted by atomic mass is 9.68. The maximum Gasteiger partial charge on any atom is 0.0737 e. The first-order valence-electron chi connectivity index (χ1n) is 47.2. The highest BCUT2D eigenvalue weighted by Crippen LogP contribution is 2.71. The lowest BCUT2D eigenvalue weighted by Crippen LogP contribution is -2.27. The van der Waals surface area contributed by atoms with Crippen LogP contribution in [-0.2, 0) is 23.7 Å². The Bertz CT molecular complexity index is 8550. The van der Waals surface area contributed by atoms with E-state index in [9.17, 15) is 0 Å². The van der Waals surface area contributed by atoms with Gasteiger partial charge in [0.1, 0.15) is 0 Å². The molecule has 0 bridgehead atoms. The number of hydrogen-bond donors (Lipinski definition) is 0. The van der Waals surface area contributed by atoms with Crippen molar-refractivity contribution >= 4 is 133 Å². The molecule has 4 aliphatic rings. The molecule has 0 saturated carbocycles. The van der Waals surface area contributed by atoms with Gasteiger partial charge in [0.25, 0.3) is 0 Å². The molecule has 0 aromatic heterocycles. The van der Waals surface area contributed by atoms with Crippen LogP contribution in [0.15, 0.2) is 437 Å². The van der Waals surface area contributed by atoms with E-state index in [1.165, 1.54) is 198 Å². The molecule has 0 radical (unpaired) electrons. The molecule has 0 unspecified atom stereocenters.